The Labute approximate surface area is 107 Å². The normalized spacial score (nSPS) is 16.6. The molecule has 2 nitrogen and oxygen atoms in total. The summed E-state index contributed by atoms with van der Waals surface area (Å²) < 4.78 is 18.5. The highest BCUT2D eigenvalue weighted by molar-refractivity contribution is 5.86. The number of carbonyl (C=O) groups is 1. The maximum absolute atomic E-state index is 13.0. The molecule has 3 heteroatoms. The molecule has 0 spiro atoms. The molecule has 0 N–H and O–H groups in total. The molecule has 1 aromatic rings. The lowest BCUT2D eigenvalue weighted by Crippen LogP contribution is -2.28. The van der Waals surface area contributed by atoms with E-state index >= 15 is 0 Å². The third-order valence-corrected chi connectivity index (χ3v) is 3.38. The zero-order valence-corrected chi connectivity index (χ0v) is 10.9. The number of benzene rings is 1. The van der Waals surface area contributed by atoms with Crippen LogP contribution in [0.3, 0.4) is 0 Å². The van der Waals surface area contributed by atoms with Crippen LogP contribution in [0.4, 0.5) is 4.39 Å². The molecule has 1 saturated carbocycles. The minimum absolute atomic E-state index is 0.119. The molecule has 1 fully saturated rings. The number of rotatable bonds is 6. The second-order valence-corrected chi connectivity index (χ2v) is 4.93. The van der Waals surface area contributed by atoms with Gasteiger partial charge in [0.1, 0.15) is 11.9 Å². The fourth-order valence-corrected chi connectivity index (χ4v) is 2.22. The van der Waals surface area contributed by atoms with E-state index in [9.17, 15) is 9.18 Å². The van der Waals surface area contributed by atoms with Crippen LogP contribution in [0.25, 0.3) is 0 Å². The molecular weight excluding hydrogens is 231 g/mol. The minimum atomic E-state index is -0.264. The van der Waals surface area contributed by atoms with Crippen molar-refractivity contribution in [1.82, 2.24) is 0 Å². The largest absolute Gasteiger partial charge is 0.370 e. The van der Waals surface area contributed by atoms with Gasteiger partial charge in [-0.15, -0.1) is 0 Å². The third kappa shape index (κ3) is 3.16. The molecule has 1 aliphatic rings. The summed E-state index contributed by atoms with van der Waals surface area (Å²) >= 11 is 0. The van der Waals surface area contributed by atoms with Gasteiger partial charge in [-0.3, -0.25) is 4.79 Å². The highest BCUT2D eigenvalue weighted by Crippen LogP contribution is 2.35. The van der Waals surface area contributed by atoms with Crippen LogP contribution in [0.5, 0.6) is 0 Å². The number of aryl methyl sites for hydroxylation is 1. The molecule has 0 amide bonds. The SMILES string of the molecule is CCOC(C(=O)Cc1ccc(F)cc1C)C1CC1. The van der Waals surface area contributed by atoms with E-state index in [1.807, 2.05) is 13.8 Å². The first-order valence-electron chi connectivity index (χ1n) is 6.51. The first-order valence-corrected chi connectivity index (χ1v) is 6.51. The van der Waals surface area contributed by atoms with E-state index in [4.69, 9.17) is 4.74 Å². The van der Waals surface area contributed by atoms with E-state index < -0.39 is 0 Å². The van der Waals surface area contributed by atoms with Gasteiger partial charge in [-0.2, -0.15) is 0 Å². The van der Waals surface area contributed by atoms with Crippen molar-refractivity contribution in [2.45, 2.75) is 39.2 Å². The summed E-state index contributed by atoms with van der Waals surface area (Å²) in [5.41, 5.74) is 1.72. The van der Waals surface area contributed by atoms with Crippen LogP contribution in [0.15, 0.2) is 18.2 Å². The lowest BCUT2D eigenvalue weighted by Gasteiger charge is -2.15. The third-order valence-electron chi connectivity index (χ3n) is 3.38. The quantitative estimate of drug-likeness (QED) is 0.775. The molecule has 0 aromatic heterocycles. The van der Waals surface area contributed by atoms with E-state index in [0.29, 0.717) is 18.9 Å². The number of hydrogen-bond acceptors (Lipinski definition) is 2. The molecule has 1 unspecified atom stereocenters. The number of hydrogen-bond donors (Lipinski definition) is 0. The van der Waals surface area contributed by atoms with Crippen LogP contribution in [-0.4, -0.2) is 18.5 Å². The Morgan fingerprint density at radius 3 is 2.78 bits per heavy atom. The fraction of sp³-hybridized carbons (Fsp3) is 0.533. The van der Waals surface area contributed by atoms with Gasteiger partial charge in [0.15, 0.2) is 5.78 Å². The summed E-state index contributed by atoms with van der Waals surface area (Å²) in [6.45, 7) is 4.31. The lowest BCUT2D eigenvalue weighted by molar-refractivity contribution is -0.130. The van der Waals surface area contributed by atoms with Gasteiger partial charge in [0, 0.05) is 13.0 Å². The predicted octanol–water partition coefficient (Wildman–Crippen LogP) is 3.06. The van der Waals surface area contributed by atoms with Crippen LogP contribution in [0.2, 0.25) is 0 Å². The molecule has 0 radical (unpaired) electrons. The Bertz CT molecular complexity index is 438. The zero-order valence-electron chi connectivity index (χ0n) is 10.9. The maximum atomic E-state index is 13.0. The van der Waals surface area contributed by atoms with Crippen molar-refractivity contribution in [1.29, 1.82) is 0 Å². The Morgan fingerprint density at radius 1 is 1.50 bits per heavy atom. The Kier molecular flexibility index (Phi) is 4.12. The lowest BCUT2D eigenvalue weighted by atomic mass is 9.99. The number of ether oxygens (including phenoxy) is 1. The van der Waals surface area contributed by atoms with Crippen LogP contribution in [-0.2, 0) is 16.0 Å². The van der Waals surface area contributed by atoms with Crippen molar-refractivity contribution in [3.05, 3.63) is 35.1 Å². The van der Waals surface area contributed by atoms with Crippen LogP contribution >= 0.6 is 0 Å². The molecule has 1 aliphatic carbocycles. The van der Waals surface area contributed by atoms with Crippen LogP contribution in [0.1, 0.15) is 30.9 Å². The predicted molar refractivity (Wildman–Crippen MR) is 68.0 cm³/mol. The topological polar surface area (TPSA) is 26.3 Å². The van der Waals surface area contributed by atoms with Crippen LogP contribution < -0.4 is 0 Å². The van der Waals surface area contributed by atoms with Crippen molar-refractivity contribution in [3.63, 3.8) is 0 Å². The van der Waals surface area contributed by atoms with Gasteiger partial charge < -0.3 is 4.74 Å². The smallest absolute Gasteiger partial charge is 0.166 e. The Balaban J connectivity index is 2.05. The van der Waals surface area contributed by atoms with Gasteiger partial charge in [-0.05, 0) is 55.9 Å². The average molecular weight is 250 g/mol. The van der Waals surface area contributed by atoms with E-state index in [1.54, 1.807) is 6.07 Å². The number of ketones is 1. The highest BCUT2D eigenvalue weighted by Gasteiger charge is 2.36. The van der Waals surface area contributed by atoms with Crippen molar-refractivity contribution in [3.8, 4) is 0 Å². The summed E-state index contributed by atoms with van der Waals surface area (Å²) in [7, 11) is 0. The fourth-order valence-electron chi connectivity index (χ4n) is 2.22. The van der Waals surface area contributed by atoms with E-state index in [1.165, 1.54) is 12.1 Å². The molecule has 98 valence electrons. The summed E-state index contributed by atoms with van der Waals surface area (Å²) in [6, 6.07) is 4.57. The van der Waals surface area contributed by atoms with Crippen molar-refractivity contribution < 1.29 is 13.9 Å². The standard InChI is InChI=1S/C15H19FO2/c1-3-18-15(11-4-5-11)14(17)9-12-6-7-13(16)8-10(12)2/h6-8,11,15H,3-5,9H2,1-2H3. The van der Waals surface area contributed by atoms with Gasteiger partial charge in [0.25, 0.3) is 0 Å². The van der Waals surface area contributed by atoms with Gasteiger partial charge in [0.05, 0.1) is 0 Å². The number of Topliss-reactive ketones (excluding diaryl/α,β-unsaturated/α-hetero) is 1. The second-order valence-electron chi connectivity index (χ2n) is 4.93. The molecule has 1 aromatic carbocycles. The van der Waals surface area contributed by atoms with Crippen molar-refractivity contribution in [2.75, 3.05) is 6.61 Å². The molecule has 1 atom stereocenters. The zero-order chi connectivity index (χ0) is 13.1. The average Bonchev–Trinajstić information content (AvgIpc) is 3.13. The summed E-state index contributed by atoms with van der Waals surface area (Å²) in [5.74, 6) is 0.263. The number of halogens is 1. The van der Waals surface area contributed by atoms with Gasteiger partial charge in [-0.25, -0.2) is 4.39 Å². The monoisotopic (exact) mass is 250 g/mol. The summed E-state index contributed by atoms with van der Waals surface area (Å²) in [5, 5.41) is 0. The summed E-state index contributed by atoms with van der Waals surface area (Å²) in [6.07, 6.45) is 2.24. The van der Waals surface area contributed by atoms with E-state index in [0.717, 1.165) is 24.0 Å². The molecule has 2 rings (SSSR count). The highest BCUT2D eigenvalue weighted by atomic mass is 19.1. The van der Waals surface area contributed by atoms with Crippen molar-refractivity contribution in [2.24, 2.45) is 5.92 Å². The van der Waals surface area contributed by atoms with Crippen molar-refractivity contribution >= 4 is 5.78 Å². The van der Waals surface area contributed by atoms with Crippen LogP contribution in [0, 0.1) is 18.7 Å². The number of carbonyl (C=O) groups excluding carboxylic acids is 1. The van der Waals surface area contributed by atoms with Gasteiger partial charge in [0.2, 0.25) is 0 Å². The molecule has 0 saturated heterocycles. The van der Waals surface area contributed by atoms with Gasteiger partial charge in [-0.1, -0.05) is 6.07 Å². The molecule has 0 bridgehead atoms. The minimum Gasteiger partial charge on any atom is -0.370 e. The van der Waals surface area contributed by atoms with E-state index in [2.05, 4.69) is 0 Å². The second kappa shape index (κ2) is 5.61. The van der Waals surface area contributed by atoms with Gasteiger partial charge >= 0.3 is 0 Å². The first kappa shape index (κ1) is 13.2. The molecule has 0 aliphatic heterocycles. The molecule has 18 heavy (non-hydrogen) atoms. The Morgan fingerprint density at radius 2 is 2.22 bits per heavy atom. The first-order chi connectivity index (χ1) is 8.61. The molecule has 0 heterocycles. The van der Waals surface area contributed by atoms with E-state index in [-0.39, 0.29) is 17.7 Å². The summed E-state index contributed by atoms with van der Waals surface area (Å²) in [4.78, 5) is 12.2. The maximum Gasteiger partial charge on any atom is 0.166 e. The molecular formula is C15H19FO2. The Hall–Kier alpha value is -1.22.